The number of amidine groups is 1. The fourth-order valence-electron chi connectivity index (χ4n) is 2.04. The molecular weight excluding hydrogens is 184 g/mol. The van der Waals surface area contributed by atoms with Crippen LogP contribution < -0.4 is 0 Å². The lowest BCUT2D eigenvalue weighted by atomic mass is 9.99. The maximum atomic E-state index is 4.86. The van der Waals surface area contributed by atoms with E-state index < -0.39 is 0 Å². The zero-order valence-corrected chi connectivity index (χ0v) is 11.2. The summed E-state index contributed by atoms with van der Waals surface area (Å²) < 4.78 is 0. The maximum absolute atomic E-state index is 4.86. The summed E-state index contributed by atoms with van der Waals surface area (Å²) in [5.74, 6) is 1.31. The molecule has 0 bridgehead atoms. The normalized spacial score (nSPS) is 22.3. The first kappa shape index (κ1) is 12.5. The van der Waals surface area contributed by atoms with Crippen molar-refractivity contribution in [3.05, 3.63) is 0 Å². The molecule has 0 aromatic carbocycles. The van der Waals surface area contributed by atoms with E-state index >= 15 is 0 Å². The van der Waals surface area contributed by atoms with Crippen molar-refractivity contribution in [1.82, 2.24) is 4.90 Å². The molecule has 0 atom stereocenters. The summed E-state index contributed by atoms with van der Waals surface area (Å²) in [6.45, 7) is 14.5. The molecule has 15 heavy (non-hydrogen) atoms. The second-order valence-corrected chi connectivity index (χ2v) is 6.48. The Morgan fingerprint density at radius 2 is 1.60 bits per heavy atom. The highest BCUT2D eigenvalue weighted by Crippen LogP contribution is 2.23. The van der Waals surface area contributed by atoms with Gasteiger partial charge in [0.25, 0.3) is 0 Å². The third-order valence-corrected chi connectivity index (χ3v) is 2.62. The van der Waals surface area contributed by atoms with Crippen molar-refractivity contribution in [2.24, 2.45) is 4.99 Å². The highest BCUT2D eigenvalue weighted by molar-refractivity contribution is 5.84. The van der Waals surface area contributed by atoms with E-state index in [4.69, 9.17) is 4.99 Å². The van der Waals surface area contributed by atoms with E-state index in [1.165, 1.54) is 25.2 Å². The Morgan fingerprint density at radius 1 is 1.00 bits per heavy atom. The minimum Gasteiger partial charge on any atom is -0.356 e. The van der Waals surface area contributed by atoms with Crippen molar-refractivity contribution in [1.29, 1.82) is 0 Å². The molecular formula is C13H26N2. The molecule has 0 aromatic rings. The lowest BCUT2D eigenvalue weighted by Gasteiger charge is -2.42. The standard InChI is InChI=1S/C13H26N2/c1-12(2,3)14-11-9-7-8-10-15(11)13(4,5)6/h7-10H2,1-6H3. The Bertz CT molecular complexity index is 240. The van der Waals surface area contributed by atoms with Gasteiger partial charge in [-0.1, -0.05) is 0 Å². The first-order chi connectivity index (χ1) is 6.70. The number of likely N-dealkylation sites (tertiary alicyclic amines) is 1. The number of hydrogen-bond donors (Lipinski definition) is 0. The summed E-state index contributed by atoms with van der Waals surface area (Å²) in [5.41, 5.74) is 0.265. The summed E-state index contributed by atoms with van der Waals surface area (Å²) in [5, 5.41) is 0. The van der Waals surface area contributed by atoms with Gasteiger partial charge in [0, 0.05) is 18.5 Å². The van der Waals surface area contributed by atoms with Gasteiger partial charge in [-0.15, -0.1) is 0 Å². The van der Waals surface area contributed by atoms with Crippen LogP contribution in [0.4, 0.5) is 0 Å². The Balaban J connectivity index is 2.89. The quantitative estimate of drug-likeness (QED) is 0.598. The van der Waals surface area contributed by atoms with Crippen LogP contribution in [-0.2, 0) is 0 Å². The fourth-order valence-corrected chi connectivity index (χ4v) is 2.04. The van der Waals surface area contributed by atoms with Crippen LogP contribution in [0.2, 0.25) is 0 Å². The Hall–Kier alpha value is -0.530. The van der Waals surface area contributed by atoms with Crippen molar-refractivity contribution in [3.63, 3.8) is 0 Å². The molecule has 1 saturated heterocycles. The molecule has 0 aromatic heterocycles. The third-order valence-electron chi connectivity index (χ3n) is 2.62. The monoisotopic (exact) mass is 210 g/mol. The van der Waals surface area contributed by atoms with Gasteiger partial charge in [-0.05, 0) is 54.4 Å². The first-order valence-corrected chi connectivity index (χ1v) is 6.06. The molecule has 88 valence electrons. The molecule has 0 N–H and O–H groups in total. The van der Waals surface area contributed by atoms with Crippen LogP contribution >= 0.6 is 0 Å². The van der Waals surface area contributed by atoms with Gasteiger partial charge in [-0.2, -0.15) is 0 Å². The largest absolute Gasteiger partial charge is 0.356 e. The molecule has 0 radical (unpaired) electrons. The molecule has 2 heteroatoms. The van der Waals surface area contributed by atoms with Crippen LogP contribution in [0.3, 0.4) is 0 Å². The number of hydrogen-bond acceptors (Lipinski definition) is 1. The Labute approximate surface area is 94.8 Å². The molecule has 1 fully saturated rings. The topological polar surface area (TPSA) is 15.6 Å². The van der Waals surface area contributed by atoms with Crippen LogP contribution in [-0.4, -0.2) is 28.4 Å². The van der Waals surface area contributed by atoms with Crippen molar-refractivity contribution in [3.8, 4) is 0 Å². The molecule has 1 rings (SSSR count). The third kappa shape index (κ3) is 3.84. The summed E-state index contributed by atoms with van der Waals surface area (Å²) in [7, 11) is 0. The van der Waals surface area contributed by atoms with Crippen LogP contribution in [0.5, 0.6) is 0 Å². The number of rotatable bonds is 0. The SMILES string of the molecule is CC(C)(C)N=C1CCCCN1C(C)(C)C. The van der Waals surface area contributed by atoms with E-state index in [-0.39, 0.29) is 11.1 Å². The summed E-state index contributed by atoms with van der Waals surface area (Å²) in [6.07, 6.45) is 3.75. The van der Waals surface area contributed by atoms with Gasteiger partial charge in [0.2, 0.25) is 0 Å². The zero-order chi connectivity index (χ0) is 11.7. The van der Waals surface area contributed by atoms with Crippen molar-refractivity contribution in [2.75, 3.05) is 6.54 Å². The Kier molecular flexibility index (Phi) is 3.47. The lowest BCUT2D eigenvalue weighted by molar-refractivity contribution is 0.212. The van der Waals surface area contributed by atoms with E-state index in [0.717, 1.165) is 6.42 Å². The summed E-state index contributed by atoms with van der Waals surface area (Å²) in [4.78, 5) is 7.33. The van der Waals surface area contributed by atoms with Gasteiger partial charge < -0.3 is 4.90 Å². The second kappa shape index (κ2) is 4.15. The highest BCUT2D eigenvalue weighted by Gasteiger charge is 2.27. The average Bonchev–Trinajstić information content (AvgIpc) is 1.99. The smallest absolute Gasteiger partial charge is 0.0999 e. The molecule has 2 nitrogen and oxygen atoms in total. The highest BCUT2D eigenvalue weighted by atomic mass is 15.2. The van der Waals surface area contributed by atoms with Crippen molar-refractivity contribution in [2.45, 2.75) is 71.9 Å². The van der Waals surface area contributed by atoms with E-state index in [1.807, 2.05) is 0 Å². The van der Waals surface area contributed by atoms with Gasteiger partial charge in [-0.25, -0.2) is 0 Å². The summed E-state index contributed by atoms with van der Waals surface area (Å²) in [6, 6.07) is 0. The van der Waals surface area contributed by atoms with Crippen molar-refractivity contribution < 1.29 is 0 Å². The van der Waals surface area contributed by atoms with Gasteiger partial charge in [0.1, 0.15) is 0 Å². The first-order valence-electron chi connectivity index (χ1n) is 6.06. The lowest BCUT2D eigenvalue weighted by Crippen LogP contribution is -2.48. The average molecular weight is 210 g/mol. The number of aliphatic imine (C=N–C) groups is 1. The molecule has 1 aliphatic heterocycles. The minimum atomic E-state index is 0.0518. The Morgan fingerprint density at radius 3 is 2.07 bits per heavy atom. The van der Waals surface area contributed by atoms with Gasteiger partial charge in [0.15, 0.2) is 0 Å². The summed E-state index contributed by atoms with van der Waals surface area (Å²) >= 11 is 0. The van der Waals surface area contributed by atoms with Crippen LogP contribution in [0.1, 0.15) is 60.8 Å². The van der Waals surface area contributed by atoms with Gasteiger partial charge in [0.05, 0.1) is 11.4 Å². The van der Waals surface area contributed by atoms with E-state index in [2.05, 4.69) is 46.4 Å². The molecule has 0 aliphatic carbocycles. The van der Waals surface area contributed by atoms with E-state index in [0.29, 0.717) is 0 Å². The molecule has 0 unspecified atom stereocenters. The van der Waals surface area contributed by atoms with Gasteiger partial charge in [-0.3, -0.25) is 4.99 Å². The molecule has 0 spiro atoms. The predicted molar refractivity (Wildman–Crippen MR) is 67.5 cm³/mol. The van der Waals surface area contributed by atoms with E-state index in [1.54, 1.807) is 0 Å². The molecule has 0 amide bonds. The van der Waals surface area contributed by atoms with Crippen LogP contribution in [0.25, 0.3) is 0 Å². The number of piperidine rings is 1. The van der Waals surface area contributed by atoms with Crippen LogP contribution in [0, 0.1) is 0 Å². The maximum Gasteiger partial charge on any atom is 0.0999 e. The molecule has 1 heterocycles. The molecule has 1 aliphatic rings. The van der Waals surface area contributed by atoms with Gasteiger partial charge >= 0.3 is 0 Å². The molecule has 0 saturated carbocycles. The number of nitrogens with zero attached hydrogens (tertiary/aromatic N) is 2. The predicted octanol–water partition coefficient (Wildman–Crippen LogP) is 3.47. The van der Waals surface area contributed by atoms with Crippen molar-refractivity contribution >= 4 is 5.84 Å². The van der Waals surface area contributed by atoms with Crippen LogP contribution in [0.15, 0.2) is 4.99 Å². The minimum absolute atomic E-state index is 0.0518. The second-order valence-electron chi connectivity index (χ2n) is 6.48. The fraction of sp³-hybridized carbons (Fsp3) is 0.923. The zero-order valence-electron chi connectivity index (χ0n) is 11.2. The van der Waals surface area contributed by atoms with E-state index in [9.17, 15) is 0 Å².